The van der Waals surface area contributed by atoms with E-state index in [2.05, 4.69) is 5.32 Å². The molecule has 0 bridgehead atoms. The number of benzene rings is 3. The first-order valence-corrected chi connectivity index (χ1v) is 13.6. The Morgan fingerprint density at radius 3 is 2.51 bits per heavy atom. The monoisotopic (exact) mass is 522 g/mol. The highest BCUT2D eigenvalue weighted by atomic mass is 32.2. The van der Waals surface area contributed by atoms with Crippen LogP contribution in [0.4, 0.5) is 11.4 Å². The number of hydrogen-bond acceptors (Lipinski definition) is 6. The minimum atomic E-state index is -3.73. The zero-order valence-corrected chi connectivity index (χ0v) is 21.7. The SMILES string of the molecule is CCOC(=O)Cc1ccc(NC(=O)COc2ccc(S(=O)(=O)N3CCCc4ccccc43)cc2C)cc1. The number of carbonyl (C=O) groups excluding carboxylic acids is 2. The highest BCUT2D eigenvalue weighted by Crippen LogP contribution is 2.33. The van der Waals surface area contributed by atoms with Crippen LogP contribution in [0.25, 0.3) is 0 Å². The topological polar surface area (TPSA) is 102 Å². The summed E-state index contributed by atoms with van der Waals surface area (Å²) < 4.78 is 38.8. The lowest BCUT2D eigenvalue weighted by Gasteiger charge is -2.30. The lowest BCUT2D eigenvalue weighted by atomic mass is 10.0. The molecule has 0 aromatic heterocycles. The average Bonchev–Trinajstić information content (AvgIpc) is 2.89. The van der Waals surface area contributed by atoms with Crippen LogP contribution in [0.15, 0.2) is 71.6 Å². The molecule has 0 fully saturated rings. The second-order valence-corrected chi connectivity index (χ2v) is 10.6. The van der Waals surface area contributed by atoms with E-state index >= 15 is 0 Å². The maximum atomic E-state index is 13.4. The van der Waals surface area contributed by atoms with Crippen LogP contribution in [0.2, 0.25) is 0 Å². The number of ether oxygens (including phenoxy) is 2. The number of para-hydroxylation sites is 1. The lowest BCUT2D eigenvalue weighted by molar-refractivity contribution is -0.142. The molecular weight excluding hydrogens is 492 g/mol. The van der Waals surface area contributed by atoms with Crippen molar-refractivity contribution in [2.24, 2.45) is 0 Å². The molecule has 0 aliphatic carbocycles. The number of aryl methyl sites for hydroxylation is 2. The largest absolute Gasteiger partial charge is 0.483 e. The van der Waals surface area contributed by atoms with Gasteiger partial charge in [-0.15, -0.1) is 0 Å². The number of hydrogen-bond donors (Lipinski definition) is 1. The van der Waals surface area contributed by atoms with Gasteiger partial charge >= 0.3 is 5.97 Å². The van der Waals surface area contributed by atoms with Crippen molar-refractivity contribution < 1.29 is 27.5 Å². The Morgan fingerprint density at radius 1 is 1.03 bits per heavy atom. The summed E-state index contributed by atoms with van der Waals surface area (Å²) in [4.78, 5) is 24.1. The fourth-order valence-electron chi connectivity index (χ4n) is 4.25. The first-order valence-electron chi connectivity index (χ1n) is 12.2. The number of fused-ring (bicyclic) bond motifs is 1. The van der Waals surface area contributed by atoms with Crippen LogP contribution < -0.4 is 14.4 Å². The van der Waals surface area contributed by atoms with Gasteiger partial charge in [0.15, 0.2) is 6.61 Å². The highest BCUT2D eigenvalue weighted by molar-refractivity contribution is 7.92. The molecular formula is C28H30N2O6S. The van der Waals surface area contributed by atoms with E-state index in [1.807, 2.05) is 24.3 Å². The van der Waals surface area contributed by atoms with E-state index in [4.69, 9.17) is 9.47 Å². The van der Waals surface area contributed by atoms with Crippen LogP contribution in [0.5, 0.6) is 5.75 Å². The fraction of sp³-hybridized carbons (Fsp3) is 0.286. The summed E-state index contributed by atoms with van der Waals surface area (Å²) in [5.74, 6) is -0.236. The number of nitrogens with one attached hydrogen (secondary N) is 1. The third-order valence-electron chi connectivity index (χ3n) is 6.05. The molecule has 1 heterocycles. The van der Waals surface area contributed by atoms with Gasteiger partial charge in [-0.05, 0) is 79.8 Å². The summed E-state index contributed by atoms with van der Waals surface area (Å²) >= 11 is 0. The smallest absolute Gasteiger partial charge is 0.310 e. The van der Waals surface area contributed by atoms with E-state index in [1.54, 1.807) is 50.2 Å². The second kappa shape index (κ2) is 11.5. The van der Waals surface area contributed by atoms with Crippen molar-refractivity contribution >= 4 is 33.3 Å². The Morgan fingerprint density at radius 2 is 1.78 bits per heavy atom. The summed E-state index contributed by atoms with van der Waals surface area (Å²) in [7, 11) is -3.73. The van der Waals surface area contributed by atoms with Gasteiger partial charge in [-0.3, -0.25) is 13.9 Å². The molecule has 37 heavy (non-hydrogen) atoms. The molecule has 3 aromatic carbocycles. The van der Waals surface area contributed by atoms with E-state index in [9.17, 15) is 18.0 Å². The predicted octanol–water partition coefficient (Wildman–Crippen LogP) is 4.26. The molecule has 0 saturated carbocycles. The molecule has 0 saturated heterocycles. The number of esters is 1. The minimum absolute atomic E-state index is 0.167. The van der Waals surface area contributed by atoms with Gasteiger partial charge in [-0.1, -0.05) is 30.3 Å². The molecule has 0 radical (unpaired) electrons. The molecule has 1 N–H and O–H groups in total. The first-order chi connectivity index (χ1) is 17.8. The lowest BCUT2D eigenvalue weighted by Crippen LogP contribution is -2.35. The van der Waals surface area contributed by atoms with Gasteiger partial charge in [0.25, 0.3) is 15.9 Å². The summed E-state index contributed by atoms with van der Waals surface area (Å²) in [6.07, 6.45) is 1.79. The molecule has 3 aromatic rings. The molecule has 0 spiro atoms. The van der Waals surface area contributed by atoms with Gasteiger partial charge in [0.05, 0.1) is 23.6 Å². The first kappa shape index (κ1) is 26.2. The van der Waals surface area contributed by atoms with Crippen molar-refractivity contribution in [2.45, 2.75) is 38.0 Å². The number of anilines is 2. The maximum Gasteiger partial charge on any atom is 0.310 e. The fourth-order valence-corrected chi connectivity index (χ4v) is 5.87. The Bertz CT molecular complexity index is 1390. The van der Waals surface area contributed by atoms with Crippen molar-refractivity contribution in [3.63, 3.8) is 0 Å². The van der Waals surface area contributed by atoms with Gasteiger partial charge in [0, 0.05) is 12.2 Å². The molecule has 194 valence electrons. The highest BCUT2D eigenvalue weighted by Gasteiger charge is 2.29. The average molecular weight is 523 g/mol. The summed E-state index contributed by atoms with van der Waals surface area (Å²) in [5, 5.41) is 2.74. The van der Waals surface area contributed by atoms with Crippen molar-refractivity contribution in [3.05, 3.63) is 83.4 Å². The van der Waals surface area contributed by atoms with Gasteiger partial charge < -0.3 is 14.8 Å². The van der Waals surface area contributed by atoms with Crippen molar-refractivity contribution in [2.75, 3.05) is 29.4 Å². The molecule has 1 amide bonds. The van der Waals surface area contributed by atoms with Crippen LogP contribution in [0, 0.1) is 6.92 Å². The van der Waals surface area contributed by atoms with Crippen molar-refractivity contribution in [3.8, 4) is 5.75 Å². The minimum Gasteiger partial charge on any atom is -0.483 e. The summed E-state index contributed by atoms with van der Waals surface area (Å²) in [6, 6.07) is 19.1. The van der Waals surface area contributed by atoms with E-state index in [0.29, 0.717) is 30.2 Å². The molecule has 4 rings (SSSR count). The summed E-state index contributed by atoms with van der Waals surface area (Å²) in [5.41, 5.74) is 3.71. The zero-order chi connectivity index (χ0) is 26.4. The van der Waals surface area contributed by atoms with Crippen LogP contribution >= 0.6 is 0 Å². The van der Waals surface area contributed by atoms with Crippen LogP contribution in [-0.4, -0.2) is 40.1 Å². The number of amides is 1. The van der Waals surface area contributed by atoms with Crippen molar-refractivity contribution in [1.29, 1.82) is 0 Å². The molecule has 0 atom stereocenters. The Balaban J connectivity index is 1.37. The maximum absolute atomic E-state index is 13.4. The number of nitrogens with zero attached hydrogens (tertiary/aromatic N) is 1. The number of sulfonamides is 1. The predicted molar refractivity (Wildman–Crippen MR) is 141 cm³/mol. The molecule has 9 heteroatoms. The zero-order valence-electron chi connectivity index (χ0n) is 20.9. The summed E-state index contributed by atoms with van der Waals surface area (Å²) in [6.45, 7) is 4.03. The third-order valence-corrected chi connectivity index (χ3v) is 7.86. The Kier molecular flexibility index (Phi) is 8.13. The van der Waals surface area contributed by atoms with E-state index < -0.39 is 10.0 Å². The van der Waals surface area contributed by atoms with Gasteiger partial charge in [0.2, 0.25) is 0 Å². The van der Waals surface area contributed by atoms with Crippen molar-refractivity contribution in [1.82, 2.24) is 0 Å². The molecule has 8 nitrogen and oxygen atoms in total. The quantitative estimate of drug-likeness (QED) is 0.422. The number of rotatable bonds is 9. The van der Waals surface area contributed by atoms with E-state index in [1.165, 1.54) is 10.4 Å². The van der Waals surface area contributed by atoms with Crippen LogP contribution in [0.3, 0.4) is 0 Å². The van der Waals surface area contributed by atoms with Gasteiger partial charge in [0.1, 0.15) is 5.75 Å². The Labute approximate surface area is 217 Å². The van der Waals surface area contributed by atoms with Gasteiger partial charge in [-0.25, -0.2) is 8.42 Å². The molecule has 1 aliphatic rings. The van der Waals surface area contributed by atoms with Crippen LogP contribution in [0.1, 0.15) is 30.0 Å². The van der Waals surface area contributed by atoms with E-state index in [0.717, 1.165) is 29.7 Å². The van der Waals surface area contributed by atoms with E-state index in [-0.39, 0.29) is 29.8 Å². The standard InChI is InChI=1S/C28H30N2O6S/c1-3-35-28(32)18-21-10-12-23(13-11-21)29-27(31)19-36-26-15-14-24(17-20(26)2)37(33,34)30-16-6-8-22-7-4-5-9-25(22)30/h4-5,7,9-15,17H,3,6,8,16,18-19H2,1-2H3,(H,29,31). The third kappa shape index (κ3) is 6.29. The van der Waals surface area contributed by atoms with Gasteiger partial charge in [-0.2, -0.15) is 0 Å². The molecule has 0 unspecified atom stereocenters. The van der Waals surface area contributed by atoms with Crippen LogP contribution in [-0.2, 0) is 37.2 Å². The number of carbonyl (C=O) groups is 2. The normalized spacial score (nSPS) is 13.0. The molecule has 1 aliphatic heterocycles. The Hall–Kier alpha value is -3.85. The second-order valence-electron chi connectivity index (χ2n) is 8.75.